The summed E-state index contributed by atoms with van der Waals surface area (Å²) >= 11 is 1.36. The van der Waals surface area contributed by atoms with Crippen molar-refractivity contribution >= 4 is 33.2 Å². The molecule has 1 fully saturated rings. The summed E-state index contributed by atoms with van der Waals surface area (Å²) in [5, 5.41) is 12.8. The molecule has 180 valence electrons. The number of carbonyl (C=O) groups is 1. The molecular formula is C22H29N3O6S2. The molecule has 0 radical (unpaired) electrons. The highest BCUT2D eigenvalue weighted by atomic mass is 32.2. The molecule has 0 bridgehead atoms. The predicted octanol–water partition coefficient (Wildman–Crippen LogP) is 3.47. The molecule has 11 heteroatoms. The number of rotatable bonds is 10. The van der Waals surface area contributed by atoms with E-state index in [0.717, 1.165) is 24.8 Å². The van der Waals surface area contributed by atoms with E-state index in [1.807, 2.05) is 6.07 Å². The molecule has 1 aromatic heterocycles. The van der Waals surface area contributed by atoms with Crippen LogP contribution in [0.1, 0.15) is 42.0 Å². The highest BCUT2D eigenvalue weighted by molar-refractivity contribution is 7.87. The maximum absolute atomic E-state index is 13.1. The lowest BCUT2D eigenvalue weighted by Crippen LogP contribution is -2.33. The number of amides is 1. The number of ether oxygens (including phenoxy) is 2. The number of nitrogens with zero attached hydrogens (tertiary/aromatic N) is 3. The third kappa shape index (κ3) is 5.66. The monoisotopic (exact) mass is 495 g/mol. The van der Waals surface area contributed by atoms with E-state index in [1.165, 1.54) is 25.6 Å². The summed E-state index contributed by atoms with van der Waals surface area (Å²) in [6.45, 7) is 3.89. The van der Waals surface area contributed by atoms with Crippen molar-refractivity contribution in [1.29, 1.82) is 0 Å². The zero-order chi connectivity index (χ0) is 24.2. The molecule has 1 aliphatic rings. The van der Waals surface area contributed by atoms with Gasteiger partial charge in [0.25, 0.3) is 5.91 Å². The minimum Gasteiger partial charge on any atom is -0.497 e. The van der Waals surface area contributed by atoms with Gasteiger partial charge in [-0.2, -0.15) is 12.7 Å². The molecule has 2 heterocycles. The predicted molar refractivity (Wildman–Crippen MR) is 126 cm³/mol. The van der Waals surface area contributed by atoms with Crippen LogP contribution in [0.15, 0.2) is 35.5 Å². The van der Waals surface area contributed by atoms with Crippen LogP contribution in [-0.4, -0.2) is 54.6 Å². The zero-order valence-corrected chi connectivity index (χ0v) is 20.8. The van der Waals surface area contributed by atoms with Crippen LogP contribution in [0.2, 0.25) is 0 Å². The van der Waals surface area contributed by atoms with Crippen LogP contribution in [0.25, 0.3) is 0 Å². The van der Waals surface area contributed by atoms with Crippen LogP contribution < -0.4 is 9.47 Å². The molecule has 3 rings (SSSR count). The first-order valence-electron chi connectivity index (χ1n) is 10.5. The van der Waals surface area contributed by atoms with Gasteiger partial charge in [-0.15, -0.1) is 11.3 Å². The van der Waals surface area contributed by atoms with Gasteiger partial charge < -0.3 is 14.7 Å². The fraction of sp³-hybridized carbons (Fsp3) is 0.455. The third-order valence-electron chi connectivity index (χ3n) is 5.36. The Bertz CT molecular complexity index is 1130. The molecule has 9 nitrogen and oxygen atoms in total. The van der Waals surface area contributed by atoms with Gasteiger partial charge >= 0.3 is 10.2 Å². The molecule has 0 atom stereocenters. The lowest BCUT2D eigenvalue weighted by molar-refractivity contribution is -0.125. The first-order valence-corrected chi connectivity index (χ1v) is 12.7. The number of hydrogen-bond acceptors (Lipinski definition) is 8. The molecule has 2 aromatic rings. The van der Waals surface area contributed by atoms with Crippen LogP contribution in [0.4, 0.5) is 0 Å². The number of methoxy groups -OCH3 is 2. The molecule has 0 spiro atoms. The van der Waals surface area contributed by atoms with Crippen molar-refractivity contribution in [3.8, 4) is 11.5 Å². The molecule has 33 heavy (non-hydrogen) atoms. The van der Waals surface area contributed by atoms with Gasteiger partial charge in [0.15, 0.2) is 0 Å². The average molecular weight is 496 g/mol. The number of benzene rings is 1. The Morgan fingerprint density at radius 1 is 1.18 bits per heavy atom. The molecule has 1 N–H and O–H groups in total. The van der Waals surface area contributed by atoms with E-state index < -0.39 is 16.1 Å². The topological polar surface area (TPSA) is 109 Å². The van der Waals surface area contributed by atoms with Crippen molar-refractivity contribution in [3.63, 3.8) is 0 Å². The van der Waals surface area contributed by atoms with Crippen LogP contribution in [0.5, 0.6) is 11.5 Å². The summed E-state index contributed by atoms with van der Waals surface area (Å²) < 4.78 is 38.8. The first kappa shape index (κ1) is 25.0. The molecule has 0 aliphatic carbocycles. The molecule has 1 aromatic carbocycles. The Balaban J connectivity index is 1.75. The normalized spacial score (nSPS) is 16.6. The van der Waals surface area contributed by atoms with E-state index in [-0.39, 0.29) is 19.6 Å². The minimum atomic E-state index is -3.99. The zero-order valence-electron chi connectivity index (χ0n) is 19.1. The van der Waals surface area contributed by atoms with Crippen LogP contribution in [-0.2, 0) is 28.1 Å². The number of thiophene rings is 1. The molecular weight excluding hydrogens is 466 g/mol. The second-order valence-corrected chi connectivity index (χ2v) is 11.1. The summed E-state index contributed by atoms with van der Waals surface area (Å²) in [7, 11) is -0.994. The maximum Gasteiger partial charge on any atom is 0.307 e. The highest BCUT2D eigenvalue weighted by Crippen LogP contribution is 2.30. The number of hydrogen-bond donors (Lipinski definition) is 1. The number of oxime groups is 1. The van der Waals surface area contributed by atoms with Gasteiger partial charge in [-0.1, -0.05) is 19.0 Å². The Hall–Kier alpha value is -2.63. The standard InChI is InChI=1S/C22H29N3O6S2/c1-15(2)5-9-19(23-27)21-10-8-18(32-21)13-24-14-22(26)25(33(24,28)29)12-16-6-7-17(30-3)11-20(16)31-4/h6-8,10-11,15,27H,5,9,12-14H2,1-4H3/b23-19-. The third-order valence-corrected chi connectivity index (χ3v) is 8.28. The SMILES string of the molecule is COc1ccc(CN2C(=O)CN(Cc3ccc(/C(CCC(C)C)=N\O)s3)S2(=O)=O)c(OC)c1. The second-order valence-electron chi connectivity index (χ2n) is 8.10. The van der Waals surface area contributed by atoms with Crippen molar-refractivity contribution in [1.82, 2.24) is 8.61 Å². The molecule has 0 unspecified atom stereocenters. The van der Waals surface area contributed by atoms with Gasteiger partial charge in [-0.25, -0.2) is 4.31 Å². The van der Waals surface area contributed by atoms with Crippen molar-refractivity contribution in [2.45, 2.75) is 39.8 Å². The average Bonchev–Trinajstić information content (AvgIpc) is 3.32. The molecule has 1 aliphatic heterocycles. The van der Waals surface area contributed by atoms with E-state index in [9.17, 15) is 18.4 Å². The van der Waals surface area contributed by atoms with Gasteiger partial charge in [0.2, 0.25) is 0 Å². The van der Waals surface area contributed by atoms with Crippen molar-refractivity contribution in [3.05, 3.63) is 45.6 Å². The smallest absolute Gasteiger partial charge is 0.307 e. The van der Waals surface area contributed by atoms with Gasteiger partial charge in [-0.3, -0.25) is 4.79 Å². The first-order chi connectivity index (χ1) is 15.7. The van der Waals surface area contributed by atoms with Gasteiger partial charge in [0, 0.05) is 16.5 Å². The van der Waals surface area contributed by atoms with Crippen molar-refractivity contribution in [2.75, 3.05) is 20.8 Å². The van der Waals surface area contributed by atoms with Crippen molar-refractivity contribution in [2.24, 2.45) is 11.1 Å². The van der Waals surface area contributed by atoms with E-state index in [1.54, 1.807) is 24.3 Å². The van der Waals surface area contributed by atoms with Crippen LogP contribution in [0, 0.1) is 5.92 Å². The molecule has 0 saturated carbocycles. The van der Waals surface area contributed by atoms with E-state index >= 15 is 0 Å². The molecule has 1 amide bonds. The van der Waals surface area contributed by atoms with E-state index in [0.29, 0.717) is 35.1 Å². The fourth-order valence-electron chi connectivity index (χ4n) is 3.46. The quantitative estimate of drug-likeness (QED) is 0.307. The number of carbonyl (C=O) groups excluding carboxylic acids is 1. The minimum absolute atomic E-state index is 0.0673. The fourth-order valence-corrected chi connectivity index (χ4v) is 6.05. The second kappa shape index (κ2) is 10.5. The van der Waals surface area contributed by atoms with E-state index in [2.05, 4.69) is 19.0 Å². The summed E-state index contributed by atoms with van der Waals surface area (Å²) in [5.41, 5.74) is 1.14. The summed E-state index contributed by atoms with van der Waals surface area (Å²) in [6, 6.07) is 8.64. The van der Waals surface area contributed by atoms with Gasteiger partial charge in [0.1, 0.15) is 11.5 Å². The summed E-state index contributed by atoms with van der Waals surface area (Å²) in [5.74, 6) is 0.980. The highest BCUT2D eigenvalue weighted by Gasteiger charge is 2.42. The largest absolute Gasteiger partial charge is 0.497 e. The Kier molecular flexibility index (Phi) is 7.98. The van der Waals surface area contributed by atoms with Crippen LogP contribution >= 0.6 is 11.3 Å². The maximum atomic E-state index is 13.1. The Morgan fingerprint density at radius 3 is 2.58 bits per heavy atom. The summed E-state index contributed by atoms with van der Waals surface area (Å²) in [6.07, 6.45) is 1.51. The van der Waals surface area contributed by atoms with E-state index in [4.69, 9.17) is 9.47 Å². The Morgan fingerprint density at radius 2 is 1.94 bits per heavy atom. The van der Waals surface area contributed by atoms with Crippen molar-refractivity contribution < 1.29 is 27.9 Å². The Labute approximate surface area is 198 Å². The van der Waals surface area contributed by atoms with Crippen LogP contribution in [0.3, 0.4) is 0 Å². The lowest BCUT2D eigenvalue weighted by Gasteiger charge is -2.19. The van der Waals surface area contributed by atoms with Gasteiger partial charge in [-0.05, 0) is 43.0 Å². The van der Waals surface area contributed by atoms with Gasteiger partial charge in [0.05, 0.1) is 44.4 Å². The summed E-state index contributed by atoms with van der Waals surface area (Å²) in [4.78, 5) is 14.2. The lowest BCUT2D eigenvalue weighted by atomic mass is 10.0. The molecule has 1 saturated heterocycles.